The van der Waals surface area contributed by atoms with E-state index in [2.05, 4.69) is 6.58 Å². The van der Waals surface area contributed by atoms with Crippen molar-refractivity contribution in [1.29, 1.82) is 0 Å². The van der Waals surface area contributed by atoms with E-state index in [1.165, 1.54) is 0 Å². The highest BCUT2D eigenvalue weighted by Gasteiger charge is 2.12. The minimum Gasteiger partial charge on any atom is -0.395 e. The molecule has 0 saturated carbocycles. The SMILES string of the molecule is C=CCN(CCO)c1c(Cl)cccc1C=O. The fourth-order valence-corrected chi connectivity index (χ4v) is 1.83. The van der Waals surface area contributed by atoms with E-state index in [1.807, 2.05) is 4.90 Å². The minimum atomic E-state index is -0.00262. The molecule has 0 amide bonds. The Morgan fingerprint density at radius 3 is 2.81 bits per heavy atom. The zero-order valence-corrected chi connectivity index (χ0v) is 9.65. The Bertz CT molecular complexity index is 379. The summed E-state index contributed by atoms with van der Waals surface area (Å²) in [5.74, 6) is 0. The second kappa shape index (κ2) is 6.30. The molecule has 0 fully saturated rings. The van der Waals surface area contributed by atoms with Gasteiger partial charge in [0.25, 0.3) is 0 Å². The van der Waals surface area contributed by atoms with Gasteiger partial charge in [-0.05, 0) is 12.1 Å². The van der Waals surface area contributed by atoms with Crippen LogP contribution in [0.2, 0.25) is 5.02 Å². The van der Waals surface area contributed by atoms with Gasteiger partial charge in [0.15, 0.2) is 6.29 Å². The van der Waals surface area contributed by atoms with Gasteiger partial charge in [0.2, 0.25) is 0 Å². The second-order valence-corrected chi connectivity index (χ2v) is 3.66. The molecule has 86 valence electrons. The molecule has 0 aromatic heterocycles. The maximum Gasteiger partial charge on any atom is 0.152 e. The number of carbonyl (C=O) groups is 1. The van der Waals surface area contributed by atoms with E-state index >= 15 is 0 Å². The second-order valence-electron chi connectivity index (χ2n) is 3.25. The number of carbonyl (C=O) groups excluding carboxylic acids is 1. The largest absolute Gasteiger partial charge is 0.395 e. The van der Waals surface area contributed by atoms with Crippen molar-refractivity contribution in [3.8, 4) is 0 Å². The van der Waals surface area contributed by atoms with Crippen molar-refractivity contribution in [2.75, 3.05) is 24.6 Å². The molecule has 0 radical (unpaired) electrons. The summed E-state index contributed by atoms with van der Waals surface area (Å²) in [6.07, 6.45) is 2.46. The molecule has 0 unspecified atom stereocenters. The molecule has 0 spiro atoms. The fourth-order valence-electron chi connectivity index (χ4n) is 1.53. The van der Waals surface area contributed by atoms with Gasteiger partial charge >= 0.3 is 0 Å². The molecule has 1 aromatic carbocycles. The van der Waals surface area contributed by atoms with Crippen LogP contribution in [0.1, 0.15) is 10.4 Å². The number of para-hydroxylation sites is 1. The van der Waals surface area contributed by atoms with Crippen molar-refractivity contribution in [1.82, 2.24) is 0 Å². The van der Waals surface area contributed by atoms with Crippen LogP contribution in [0.3, 0.4) is 0 Å². The highest BCUT2D eigenvalue weighted by atomic mass is 35.5. The van der Waals surface area contributed by atoms with Gasteiger partial charge in [-0.1, -0.05) is 23.7 Å². The number of aldehydes is 1. The van der Waals surface area contributed by atoms with Crippen LogP contribution in [0, 0.1) is 0 Å². The summed E-state index contributed by atoms with van der Waals surface area (Å²) in [6, 6.07) is 5.14. The van der Waals surface area contributed by atoms with Gasteiger partial charge < -0.3 is 10.0 Å². The maximum absolute atomic E-state index is 10.9. The van der Waals surface area contributed by atoms with Gasteiger partial charge in [-0.3, -0.25) is 4.79 Å². The summed E-state index contributed by atoms with van der Waals surface area (Å²) in [6.45, 7) is 4.58. The first-order chi connectivity index (χ1) is 7.74. The van der Waals surface area contributed by atoms with E-state index in [0.29, 0.717) is 29.4 Å². The zero-order valence-electron chi connectivity index (χ0n) is 8.90. The lowest BCUT2D eigenvalue weighted by Gasteiger charge is -2.24. The summed E-state index contributed by atoms with van der Waals surface area (Å²) in [4.78, 5) is 12.7. The van der Waals surface area contributed by atoms with Gasteiger partial charge in [0.1, 0.15) is 0 Å². The average molecular weight is 240 g/mol. The molecule has 0 aliphatic rings. The topological polar surface area (TPSA) is 40.5 Å². The van der Waals surface area contributed by atoms with Crippen LogP contribution in [0.5, 0.6) is 0 Å². The first-order valence-corrected chi connectivity index (χ1v) is 5.32. The molecule has 0 atom stereocenters. The molecule has 0 aliphatic heterocycles. The third-order valence-electron chi connectivity index (χ3n) is 2.18. The van der Waals surface area contributed by atoms with Crippen LogP contribution in [-0.2, 0) is 0 Å². The molecule has 1 rings (SSSR count). The van der Waals surface area contributed by atoms with E-state index in [9.17, 15) is 4.79 Å². The Morgan fingerprint density at radius 1 is 1.50 bits per heavy atom. The summed E-state index contributed by atoms with van der Waals surface area (Å²) in [5.41, 5.74) is 1.16. The molecule has 0 bridgehead atoms. The first kappa shape index (κ1) is 12.7. The van der Waals surface area contributed by atoms with Crippen molar-refractivity contribution in [3.05, 3.63) is 41.4 Å². The van der Waals surface area contributed by atoms with Crippen LogP contribution < -0.4 is 4.90 Å². The average Bonchev–Trinajstić information content (AvgIpc) is 2.28. The lowest BCUT2D eigenvalue weighted by Crippen LogP contribution is -2.28. The predicted octanol–water partition coefficient (Wildman–Crippen LogP) is 2.14. The number of hydrogen-bond donors (Lipinski definition) is 1. The highest BCUT2D eigenvalue weighted by Crippen LogP contribution is 2.28. The molecule has 16 heavy (non-hydrogen) atoms. The number of aliphatic hydroxyl groups excluding tert-OH is 1. The van der Waals surface area contributed by atoms with E-state index in [0.717, 1.165) is 6.29 Å². The molecule has 1 N–H and O–H groups in total. The third-order valence-corrected chi connectivity index (χ3v) is 2.49. The number of halogens is 1. The highest BCUT2D eigenvalue weighted by molar-refractivity contribution is 6.33. The molecular weight excluding hydrogens is 226 g/mol. The van der Waals surface area contributed by atoms with E-state index in [-0.39, 0.29) is 6.61 Å². The molecule has 0 aliphatic carbocycles. The van der Waals surface area contributed by atoms with Crippen molar-refractivity contribution in [2.45, 2.75) is 0 Å². The van der Waals surface area contributed by atoms with E-state index in [4.69, 9.17) is 16.7 Å². The first-order valence-electron chi connectivity index (χ1n) is 4.95. The van der Waals surface area contributed by atoms with E-state index < -0.39 is 0 Å². The van der Waals surface area contributed by atoms with E-state index in [1.54, 1.807) is 24.3 Å². The molecule has 4 heteroatoms. The summed E-state index contributed by atoms with van der Waals surface area (Å²) >= 11 is 6.06. The van der Waals surface area contributed by atoms with Crippen molar-refractivity contribution in [2.24, 2.45) is 0 Å². The Labute approximate surface area is 100.0 Å². The van der Waals surface area contributed by atoms with Gasteiger partial charge in [0.05, 0.1) is 17.3 Å². The van der Waals surface area contributed by atoms with Crippen molar-refractivity contribution >= 4 is 23.6 Å². The number of rotatable bonds is 6. The molecule has 0 heterocycles. The predicted molar refractivity (Wildman–Crippen MR) is 66.3 cm³/mol. The Balaban J connectivity index is 3.14. The van der Waals surface area contributed by atoms with Gasteiger partial charge in [-0.15, -0.1) is 6.58 Å². The molecule has 0 saturated heterocycles. The van der Waals surface area contributed by atoms with Crippen LogP contribution in [0.4, 0.5) is 5.69 Å². The third kappa shape index (κ3) is 2.84. The quantitative estimate of drug-likeness (QED) is 0.611. The molecular formula is C12H14ClNO2. The lowest BCUT2D eigenvalue weighted by atomic mass is 10.1. The van der Waals surface area contributed by atoms with Gasteiger partial charge in [0, 0.05) is 18.7 Å². The molecule has 1 aromatic rings. The number of anilines is 1. The standard InChI is InChI=1S/C12H14ClNO2/c1-2-6-14(7-8-15)12-10(9-16)4-3-5-11(12)13/h2-5,9,15H,1,6-8H2. The number of benzene rings is 1. The van der Waals surface area contributed by atoms with Crippen LogP contribution >= 0.6 is 11.6 Å². The Hall–Kier alpha value is -1.32. The number of aliphatic hydroxyl groups is 1. The van der Waals surface area contributed by atoms with Gasteiger partial charge in [-0.25, -0.2) is 0 Å². The minimum absolute atomic E-state index is 0.00262. The Morgan fingerprint density at radius 2 is 2.25 bits per heavy atom. The van der Waals surface area contributed by atoms with Crippen LogP contribution in [0.25, 0.3) is 0 Å². The summed E-state index contributed by atoms with van der Waals surface area (Å²) in [5, 5.41) is 9.47. The smallest absolute Gasteiger partial charge is 0.152 e. The summed E-state index contributed by atoms with van der Waals surface area (Å²) < 4.78 is 0. The normalized spacial score (nSPS) is 9.88. The molecule has 3 nitrogen and oxygen atoms in total. The Kier molecular flexibility index (Phi) is 5.02. The van der Waals surface area contributed by atoms with Crippen LogP contribution in [0.15, 0.2) is 30.9 Å². The maximum atomic E-state index is 10.9. The van der Waals surface area contributed by atoms with Crippen molar-refractivity contribution in [3.63, 3.8) is 0 Å². The van der Waals surface area contributed by atoms with Gasteiger partial charge in [-0.2, -0.15) is 0 Å². The summed E-state index contributed by atoms with van der Waals surface area (Å²) in [7, 11) is 0. The fraction of sp³-hybridized carbons (Fsp3) is 0.250. The van der Waals surface area contributed by atoms with Crippen LogP contribution in [-0.4, -0.2) is 31.1 Å². The zero-order chi connectivity index (χ0) is 12.0. The lowest BCUT2D eigenvalue weighted by molar-refractivity contribution is 0.112. The monoisotopic (exact) mass is 239 g/mol. The number of nitrogens with zero attached hydrogens (tertiary/aromatic N) is 1. The number of hydrogen-bond acceptors (Lipinski definition) is 3. The van der Waals surface area contributed by atoms with Crippen molar-refractivity contribution < 1.29 is 9.90 Å².